The zero-order valence-corrected chi connectivity index (χ0v) is 14.3. The Morgan fingerprint density at radius 3 is 2.33 bits per heavy atom. The third-order valence-corrected chi connectivity index (χ3v) is 4.20. The molecule has 1 saturated heterocycles. The molecule has 1 rings (SSSR count). The standard InChI is InChI=1S/C16H30N2O3/c1-7-12-11-18(10-9-17(12)6)14(19)13(16(3,4)5)15(20)21-8-2/h12-13H,7-11H2,1-6H3. The van der Waals surface area contributed by atoms with Gasteiger partial charge in [-0.05, 0) is 25.8 Å². The van der Waals surface area contributed by atoms with E-state index in [9.17, 15) is 9.59 Å². The van der Waals surface area contributed by atoms with Gasteiger partial charge in [0.05, 0.1) is 6.61 Å². The summed E-state index contributed by atoms with van der Waals surface area (Å²) in [5.41, 5.74) is -0.436. The summed E-state index contributed by atoms with van der Waals surface area (Å²) in [6.45, 7) is 12.2. The van der Waals surface area contributed by atoms with Gasteiger partial charge in [0.15, 0.2) is 0 Å². The summed E-state index contributed by atoms with van der Waals surface area (Å²) in [5, 5.41) is 0. The van der Waals surface area contributed by atoms with Crippen molar-refractivity contribution in [2.75, 3.05) is 33.3 Å². The number of nitrogens with zero attached hydrogens (tertiary/aromatic N) is 2. The highest BCUT2D eigenvalue weighted by Crippen LogP contribution is 2.30. The Morgan fingerprint density at radius 2 is 1.86 bits per heavy atom. The maximum atomic E-state index is 12.8. The minimum Gasteiger partial charge on any atom is -0.465 e. The van der Waals surface area contributed by atoms with Crippen molar-refractivity contribution in [1.29, 1.82) is 0 Å². The zero-order chi connectivity index (χ0) is 16.2. The molecule has 1 aliphatic heterocycles. The Hall–Kier alpha value is -1.10. The SMILES string of the molecule is CCOC(=O)C(C(=O)N1CCN(C)C(CC)C1)C(C)(C)C. The van der Waals surface area contributed by atoms with E-state index in [4.69, 9.17) is 4.74 Å². The molecule has 0 bridgehead atoms. The van der Waals surface area contributed by atoms with Gasteiger partial charge in [0.2, 0.25) is 5.91 Å². The number of carbonyl (C=O) groups is 2. The summed E-state index contributed by atoms with van der Waals surface area (Å²) >= 11 is 0. The van der Waals surface area contributed by atoms with E-state index in [1.54, 1.807) is 6.92 Å². The minimum atomic E-state index is -0.724. The van der Waals surface area contributed by atoms with Crippen LogP contribution in [0.25, 0.3) is 0 Å². The highest BCUT2D eigenvalue weighted by molar-refractivity contribution is 5.98. The van der Waals surface area contributed by atoms with E-state index in [0.29, 0.717) is 25.7 Å². The quantitative estimate of drug-likeness (QED) is 0.586. The Morgan fingerprint density at radius 1 is 1.24 bits per heavy atom. The van der Waals surface area contributed by atoms with Gasteiger partial charge >= 0.3 is 5.97 Å². The van der Waals surface area contributed by atoms with Crippen LogP contribution < -0.4 is 0 Å². The number of hydrogen-bond acceptors (Lipinski definition) is 4. The highest BCUT2D eigenvalue weighted by Gasteiger charge is 2.42. The van der Waals surface area contributed by atoms with Crippen LogP contribution in [0.15, 0.2) is 0 Å². The molecule has 21 heavy (non-hydrogen) atoms. The molecule has 0 aliphatic carbocycles. The van der Waals surface area contributed by atoms with Crippen LogP contribution in [0.2, 0.25) is 0 Å². The lowest BCUT2D eigenvalue weighted by Gasteiger charge is -2.41. The third kappa shape index (κ3) is 4.43. The lowest BCUT2D eigenvalue weighted by Crippen LogP contribution is -2.56. The largest absolute Gasteiger partial charge is 0.465 e. The van der Waals surface area contributed by atoms with Crippen molar-refractivity contribution in [2.24, 2.45) is 11.3 Å². The van der Waals surface area contributed by atoms with Crippen LogP contribution in [0.1, 0.15) is 41.0 Å². The number of esters is 1. The maximum absolute atomic E-state index is 12.8. The molecule has 0 saturated carbocycles. The van der Waals surface area contributed by atoms with Gasteiger partial charge in [0, 0.05) is 25.7 Å². The lowest BCUT2D eigenvalue weighted by atomic mass is 9.79. The summed E-state index contributed by atoms with van der Waals surface area (Å²) in [4.78, 5) is 29.2. The summed E-state index contributed by atoms with van der Waals surface area (Å²) < 4.78 is 5.12. The highest BCUT2D eigenvalue weighted by atomic mass is 16.5. The molecule has 5 nitrogen and oxygen atoms in total. The van der Waals surface area contributed by atoms with Gasteiger partial charge in [-0.1, -0.05) is 27.7 Å². The smallest absolute Gasteiger partial charge is 0.319 e. The molecule has 1 aliphatic rings. The van der Waals surface area contributed by atoms with Gasteiger partial charge in [-0.3, -0.25) is 14.5 Å². The fourth-order valence-corrected chi connectivity index (χ4v) is 2.82. The van der Waals surface area contributed by atoms with Crippen molar-refractivity contribution in [2.45, 2.75) is 47.1 Å². The van der Waals surface area contributed by atoms with Gasteiger partial charge in [-0.25, -0.2) is 0 Å². The second kappa shape index (κ2) is 7.25. The topological polar surface area (TPSA) is 49.9 Å². The molecule has 0 N–H and O–H groups in total. The number of ether oxygens (including phenoxy) is 1. The average Bonchev–Trinajstić information content (AvgIpc) is 2.37. The summed E-state index contributed by atoms with van der Waals surface area (Å²) in [7, 11) is 2.09. The van der Waals surface area contributed by atoms with Gasteiger partial charge in [-0.2, -0.15) is 0 Å². The summed E-state index contributed by atoms with van der Waals surface area (Å²) in [6.07, 6.45) is 1.000. The molecule has 0 radical (unpaired) electrons. The van der Waals surface area contributed by atoms with E-state index in [2.05, 4.69) is 18.9 Å². The average molecular weight is 298 g/mol. The summed E-state index contributed by atoms with van der Waals surface area (Å²) in [5.74, 6) is -1.21. The van der Waals surface area contributed by atoms with E-state index in [0.717, 1.165) is 13.0 Å². The monoisotopic (exact) mass is 298 g/mol. The first-order valence-electron chi connectivity index (χ1n) is 7.88. The van der Waals surface area contributed by atoms with Crippen LogP contribution in [0.5, 0.6) is 0 Å². The molecule has 0 aromatic rings. The van der Waals surface area contributed by atoms with Crippen LogP contribution >= 0.6 is 0 Å². The molecule has 0 aromatic heterocycles. The second-order valence-corrected chi connectivity index (χ2v) is 6.88. The summed E-state index contributed by atoms with van der Waals surface area (Å²) in [6, 6.07) is 0.366. The Kier molecular flexibility index (Phi) is 6.20. The number of piperazine rings is 1. The van der Waals surface area contributed by atoms with Gasteiger partial charge in [0.25, 0.3) is 0 Å². The molecule has 1 fully saturated rings. The fraction of sp³-hybridized carbons (Fsp3) is 0.875. The van der Waals surface area contributed by atoms with Crippen molar-refractivity contribution in [1.82, 2.24) is 9.80 Å². The predicted molar refractivity (Wildman–Crippen MR) is 82.9 cm³/mol. The molecule has 1 amide bonds. The third-order valence-electron chi connectivity index (χ3n) is 4.20. The van der Waals surface area contributed by atoms with Gasteiger partial charge < -0.3 is 9.64 Å². The van der Waals surface area contributed by atoms with Crippen LogP contribution in [0, 0.1) is 11.3 Å². The Balaban J connectivity index is 2.88. The number of amides is 1. The van der Waals surface area contributed by atoms with E-state index < -0.39 is 17.3 Å². The molecule has 122 valence electrons. The molecular formula is C16H30N2O3. The Labute approximate surface area is 128 Å². The number of hydrogen-bond donors (Lipinski definition) is 0. The van der Waals surface area contributed by atoms with Crippen LogP contribution in [-0.2, 0) is 14.3 Å². The van der Waals surface area contributed by atoms with Gasteiger partial charge in [-0.15, -0.1) is 0 Å². The maximum Gasteiger partial charge on any atom is 0.319 e. The van der Waals surface area contributed by atoms with Crippen LogP contribution in [0.4, 0.5) is 0 Å². The molecule has 5 heteroatoms. The van der Waals surface area contributed by atoms with Crippen molar-refractivity contribution >= 4 is 11.9 Å². The molecule has 0 aromatic carbocycles. The Bertz CT molecular complexity index is 376. The van der Waals surface area contributed by atoms with Crippen molar-refractivity contribution < 1.29 is 14.3 Å². The minimum absolute atomic E-state index is 0.0903. The first-order chi connectivity index (χ1) is 9.72. The van der Waals surface area contributed by atoms with Crippen LogP contribution in [-0.4, -0.2) is 61.0 Å². The van der Waals surface area contributed by atoms with E-state index in [1.807, 2.05) is 25.7 Å². The van der Waals surface area contributed by atoms with E-state index >= 15 is 0 Å². The molecular weight excluding hydrogens is 268 g/mol. The van der Waals surface area contributed by atoms with Crippen molar-refractivity contribution in [3.63, 3.8) is 0 Å². The molecule has 1 heterocycles. The van der Waals surface area contributed by atoms with Crippen LogP contribution in [0.3, 0.4) is 0 Å². The number of rotatable bonds is 4. The normalized spacial score (nSPS) is 22.0. The zero-order valence-electron chi connectivity index (χ0n) is 14.3. The lowest BCUT2D eigenvalue weighted by molar-refractivity contribution is -0.161. The van der Waals surface area contributed by atoms with E-state index in [1.165, 1.54) is 0 Å². The van der Waals surface area contributed by atoms with Crippen molar-refractivity contribution in [3.05, 3.63) is 0 Å². The first kappa shape index (κ1) is 18.0. The number of likely N-dealkylation sites (N-methyl/N-ethyl adjacent to an activating group) is 1. The van der Waals surface area contributed by atoms with E-state index in [-0.39, 0.29) is 5.91 Å². The van der Waals surface area contributed by atoms with Crippen molar-refractivity contribution in [3.8, 4) is 0 Å². The molecule has 2 atom stereocenters. The first-order valence-corrected chi connectivity index (χ1v) is 7.88. The molecule has 2 unspecified atom stereocenters. The molecule has 0 spiro atoms. The van der Waals surface area contributed by atoms with Gasteiger partial charge in [0.1, 0.15) is 5.92 Å². The number of carbonyl (C=O) groups excluding carboxylic acids is 2. The fourth-order valence-electron chi connectivity index (χ4n) is 2.82. The second-order valence-electron chi connectivity index (χ2n) is 6.88. The predicted octanol–water partition coefficient (Wildman–Crippen LogP) is 1.76.